The summed E-state index contributed by atoms with van der Waals surface area (Å²) in [4.78, 5) is 2.22. The third-order valence-corrected chi connectivity index (χ3v) is 3.54. The van der Waals surface area contributed by atoms with Crippen LogP contribution in [-0.4, -0.2) is 29.8 Å². The number of hydrogen-bond acceptors (Lipinski definition) is 3. The van der Waals surface area contributed by atoms with Gasteiger partial charge in [0, 0.05) is 35.8 Å². The Bertz CT molecular complexity index is 427. The first-order valence-electron chi connectivity index (χ1n) is 7.22. The lowest BCUT2D eigenvalue weighted by Gasteiger charge is -2.32. The van der Waals surface area contributed by atoms with E-state index in [2.05, 4.69) is 65.1 Å². The number of anilines is 1. The van der Waals surface area contributed by atoms with E-state index < -0.39 is 5.60 Å². The molecule has 0 unspecified atom stereocenters. The molecule has 0 radical (unpaired) electrons. The minimum absolute atomic E-state index is 0.454. The molecule has 0 bridgehead atoms. The molecule has 1 rings (SSSR count). The van der Waals surface area contributed by atoms with Crippen molar-refractivity contribution >= 4 is 21.6 Å². The zero-order valence-electron chi connectivity index (χ0n) is 13.2. The first kappa shape index (κ1) is 17.5. The quantitative estimate of drug-likeness (QED) is 0.795. The van der Waals surface area contributed by atoms with E-state index in [4.69, 9.17) is 0 Å². The number of benzene rings is 1. The summed E-state index contributed by atoms with van der Waals surface area (Å²) in [5, 5.41) is 13.5. The fourth-order valence-corrected chi connectivity index (χ4v) is 2.48. The van der Waals surface area contributed by atoms with E-state index in [0.29, 0.717) is 12.6 Å². The molecule has 114 valence electrons. The van der Waals surface area contributed by atoms with Crippen LogP contribution in [0, 0.1) is 0 Å². The van der Waals surface area contributed by atoms with Crippen LogP contribution >= 0.6 is 15.9 Å². The van der Waals surface area contributed by atoms with Gasteiger partial charge in [0.1, 0.15) is 0 Å². The maximum atomic E-state index is 10.1. The molecule has 1 aromatic carbocycles. The standard InChI is InChI=1S/C16H27BrN2O/c1-6-19(11-16(4,5)20)15-9-14(17)8-7-13(15)10-18-12(2)3/h7-9,12,18,20H,6,10-11H2,1-5H3. The third-order valence-electron chi connectivity index (χ3n) is 3.05. The number of nitrogens with one attached hydrogen (secondary N) is 1. The van der Waals surface area contributed by atoms with Crippen molar-refractivity contribution < 1.29 is 5.11 Å². The lowest BCUT2D eigenvalue weighted by Crippen LogP contribution is -2.39. The maximum Gasteiger partial charge on any atom is 0.0765 e. The Morgan fingerprint density at radius 2 is 2.00 bits per heavy atom. The van der Waals surface area contributed by atoms with Gasteiger partial charge in [-0.1, -0.05) is 35.8 Å². The minimum Gasteiger partial charge on any atom is -0.389 e. The summed E-state index contributed by atoms with van der Waals surface area (Å²) in [6.07, 6.45) is 0. The van der Waals surface area contributed by atoms with E-state index in [1.165, 1.54) is 11.3 Å². The lowest BCUT2D eigenvalue weighted by molar-refractivity contribution is 0.0875. The Kier molecular flexibility index (Phi) is 6.49. The van der Waals surface area contributed by atoms with Crippen molar-refractivity contribution in [2.45, 2.75) is 52.8 Å². The van der Waals surface area contributed by atoms with Crippen LogP contribution in [0.3, 0.4) is 0 Å². The molecule has 0 aliphatic rings. The van der Waals surface area contributed by atoms with Gasteiger partial charge in [0.25, 0.3) is 0 Å². The van der Waals surface area contributed by atoms with E-state index in [-0.39, 0.29) is 0 Å². The summed E-state index contributed by atoms with van der Waals surface area (Å²) in [5.41, 5.74) is 1.73. The second-order valence-corrected chi connectivity index (χ2v) is 7.05. The Hall–Kier alpha value is -0.580. The molecule has 3 nitrogen and oxygen atoms in total. The van der Waals surface area contributed by atoms with Gasteiger partial charge in [0.05, 0.1) is 5.60 Å². The number of rotatable bonds is 7. The molecular formula is C16H27BrN2O. The first-order valence-corrected chi connectivity index (χ1v) is 8.01. The SMILES string of the molecule is CCN(CC(C)(C)O)c1cc(Br)ccc1CNC(C)C. The number of hydrogen-bond donors (Lipinski definition) is 2. The Balaban J connectivity index is 3.02. The second kappa shape index (κ2) is 7.43. The van der Waals surface area contributed by atoms with Gasteiger partial charge in [0.15, 0.2) is 0 Å². The predicted molar refractivity (Wildman–Crippen MR) is 90.3 cm³/mol. The van der Waals surface area contributed by atoms with E-state index in [1.807, 2.05) is 13.8 Å². The molecule has 0 amide bonds. The van der Waals surface area contributed by atoms with Crippen LogP contribution in [0.5, 0.6) is 0 Å². The Morgan fingerprint density at radius 1 is 1.35 bits per heavy atom. The van der Waals surface area contributed by atoms with Gasteiger partial charge in [-0.3, -0.25) is 0 Å². The molecule has 20 heavy (non-hydrogen) atoms. The van der Waals surface area contributed by atoms with Gasteiger partial charge < -0.3 is 15.3 Å². The summed E-state index contributed by atoms with van der Waals surface area (Å²) in [7, 11) is 0. The lowest BCUT2D eigenvalue weighted by atomic mass is 10.1. The maximum absolute atomic E-state index is 10.1. The fourth-order valence-electron chi connectivity index (χ4n) is 2.13. The van der Waals surface area contributed by atoms with Gasteiger partial charge >= 0.3 is 0 Å². The fraction of sp³-hybridized carbons (Fsp3) is 0.625. The largest absolute Gasteiger partial charge is 0.389 e. The van der Waals surface area contributed by atoms with E-state index >= 15 is 0 Å². The molecule has 0 heterocycles. The van der Waals surface area contributed by atoms with Gasteiger partial charge in [-0.2, -0.15) is 0 Å². The average Bonchev–Trinajstić information content (AvgIpc) is 2.33. The smallest absolute Gasteiger partial charge is 0.0765 e. The Labute approximate surface area is 131 Å². The molecule has 0 aromatic heterocycles. The van der Waals surface area contributed by atoms with Crippen LogP contribution in [0.2, 0.25) is 0 Å². The zero-order valence-corrected chi connectivity index (χ0v) is 14.8. The summed E-state index contributed by atoms with van der Waals surface area (Å²) < 4.78 is 1.06. The molecule has 0 saturated heterocycles. The van der Waals surface area contributed by atoms with Crippen molar-refractivity contribution in [1.29, 1.82) is 0 Å². The van der Waals surface area contributed by atoms with E-state index in [0.717, 1.165) is 17.6 Å². The zero-order chi connectivity index (χ0) is 15.3. The highest BCUT2D eigenvalue weighted by molar-refractivity contribution is 9.10. The Morgan fingerprint density at radius 3 is 2.50 bits per heavy atom. The van der Waals surface area contributed by atoms with Crippen molar-refractivity contribution in [3.8, 4) is 0 Å². The third kappa shape index (κ3) is 5.81. The summed E-state index contributed by atoms with van der Waals surface area (Å²) >= 11 is 3.54. The highest BCUT2D eigenvalue weighted by atomic mass is 79.9. The van der Waals surface area contributed by atoms with Crippen molar-refractivity contribution in [2.75, 3.05) is 18.0 Å². The summed E-state index contributed by atoms with van der Waals surface area (Å²) in [5.74, 6) is 0. The molecule has 2 N–H and O–H groups in total. The van der Waals surface area contributed by atoms with Crippen LogP contribution < -0.4 is 10.2 Å². The van der Waals surface area contributed by atoms with E-state index in [1.54, 1.807) is 0 Å². The topological polar surface area (TPSA) is 35.5 Å². The molecule has 1 aromatic rings. The van der Waals surface area contributed by atoms with Crippen molar-refractivity contribution in [3.63, 3.8) is 0 Å². The normalized spacial score (nSPS) is 12.0. The molecule has 0 aliphatic carbocycles. The summed E-state index contributed by atoms with van der Waals surface area (Å²) in [6.45, 7) is 12.4. The highest BCUT2D eigenvalue weighted by Gasteiger charge is 2.19. The van der Waals surface area contributed by atoms with E-state index in [9.17, 15) is 5.11 Å². The molecule has 0 spiro atoms. The molecule has 0 fully saturated rings. The van der Waals surface area contributed by atoms with Crippen LogP contribution in [0.4, 0.5) is 5.69 Å². The molecular weight excluding hydrogens is 316 g/mol. The van der Waals surface area contributed by atoms with Crippen LogP contribution in [0.1, 0.15) is 40.2 Å². The van der Waals surface area contributed by atoms with Gasteiger partial charge in [0.2, 0.25) is 0 Å². The summed E-state index contributed by atoms with van der Waals surface area (Å²) in [6, 6.07) is 6.79. The number of nitrogens with zero attached hydrogens (tertiary/aromatic N) is 1. The molecule has 0 atom stereocenters. The second-order valence-electron chi connectivity index (χ2n) is 6.14. The highest BCUT2D eigenvalue weighted by Crippen LogP contribution is 2.26. The number of halogens is 1. The van der Waals surface area contributed by atoms with Gasteiger partial charge in [-0.05, 0) is 38.5 Å². The van der Waals surface area contributed by atoms with Crippen LogP contribution in [-0.2, 0) is 6.54 Å². The predicted octanol–water partition coefficient (Wildman–Crippen LogP) is 3.54. The number of aliphatic hydroxyl groups is 1. The number of likely N-dealkylation sites (N-methyl/N-ethyl adjacent to an activating group) is 1. The van der Waals surface area contributed by atoms with Crippen molar-refractivity contribution in [2.24, 2.45) is 0 Å². The monoisotopic (exact) mass is 342 g/mol. The van der Waals surface area contributed by atoms with Gasteiger partial charge in [-0.25, -0.2) is 0 Å². The van der Waals surface area contributed by atoms with Gasteiger partial charge in [-0.15, -0.1) is 0 Å². The molecule has 0 saturated carbocycles. The average molecular weight is 343 g/mol. The molecule has 4 heteroatoms. The molecule has 0 aliphatic heterocycles. The minimum atomic E-state index is -0.707. The van der Waals surface area contributed by atoms with Crippen LogP contribution in [0.25, 0.3) is 0 Å². The van der Waals surface area contributed by atoms with Crippen LogP contribution in [0.15, 0.2) is 22.7 Å². The first-order chi connectivity index (χ1) is 9.23. The van der Waals surface area contributed by atoms with Crippen molar-refractivity contribution in [1.82, 2.24) is 5.32 Å². The van der Waals surface area contributed by atoms with Crippen molar-refractivity contribution in [3.05, 3.63) is 28.2 Å².